The molecule has 21 heavy (non-hydrogen) atoms. The summed E-state index contributed by atoms with van der Waals surface area (Å²) in [5.41, 5.74) is 1.08. The van der Waals surface area contributed by atoms with Crippen molar-refractivity contribution in [3.8, 4) is 5.75 Å². The highest BCUT2D eigenvalue weighted by molar-refractivity contribution is 5.78. The van der Waals surface area contributed by atoms with E-state index in [-0.39, 0.29) is 24.3 Å². The van der Waals surface area contributed by atoms with Crippen LogP contribution in [0.15, 0.2) is 24.3 Å². The van der Waals surface area contributed by atoms with Gasteiger partial charge in [-0.3, -0.25) is 9.59 Å². The maximum Gasteiger partial charge on any atom is 0.258 e. The Kier molecular flexibility index (Phi) is 7.29. The van der Waals surface area contributed by atoms with Gasteiger partial charge in [0.25, 0.3) is 5.91 Å². The lowest BCUT2D eigenvalue weighted by Gasteiger charge is -2.11. The highest BCUT2D eigenvalue weighted by Gasteiger charge is 2.07. The molecule has 2 N–H and O–H groups in total. The minimum Gasteiger partial charge on any atom is -0.483 e. The van der Waals surface area contributed by atoms with Gasteiger partial charge >= 0.3 is 0 Å². The minimum atomic E-state index is -0.195. The Hall–Kier alpha value is -2.04. The molecule has 0 saturated carbocycles. The lowest BCUT2D eigenvalue weighted by molar-refractivity contribution is -0.125. The van der Waals surface area contributed by atoms with Gasteiger partial charge in [0.15, 0.2) is 6.61 Å². The summed E-state index contributed by atoms with van der Waals surface area (Å²) in [5, 5.41) is 5.44. The number of amides is 2. The van der Waals surface area contributed by atoms with Crippen molar-refractivity contribution >= 4 is 11.8 Å². The van der Waals surface area contributed by atoms with Crippen molar-refractivity contribution in [2.24, 2.45) is 5.92 Å². The molecule has 5 heteroatoms. The number of carbonyl (C=O) groups excluding carboxylic acids is 2. The second-order valence-electron chi connectivity index (χ2n) is 5.05. The Labute approximate surface area is 126 Å². The number of aryl methyl sites for hydroxylation is 1. The number of para-hydroxylation sites is 1. The van der Waals surface area contributed by atoms with Crippen LogP contribution >= 0.6 is 0 Å². The van der Waals surface area contributed by atoms with Gasteiger partial charge in [0.1, 0.15) is 5.75 Å². The summed E-state index contributed by atoms with van der Waals surface area (Å²) < 4.78 is 5.51. The first kappa shape index (κ1) is 17.0. The summed E-state index contributed by atoms with van der Waals surface area (Å²) in [6.45, 7) is 6.50. The van der Waals surface area contributed by atoms with Crippen molar-refractivity contribution in [3.05, 3.63) is 29.8 Å². The maximum absolute atomic E-state index is 11.6. The third kappa shape index (κ3) is 6.29. The molecule has 0 fully saturated rings. The third-order valence-corrected chi connectivity index (χ3v) is 2.98. The van der Waals surface area contributed by atoms with Crippen molar-refractivity contribution in [1.29, 1.82) is 0 Å². The molecule has 1 rings (SSSR count). The molecule has 0 spiro atoms. The second kappa shape index (κ2) is 9.00. The normalized spacial score (nSPS) is 10.3. The fourth-order valence-corrected chi connectivity index (χ4v) is 1.72. The van der Waals surface area contributed by atoms with Crippen molar-refractivity contribution in [3.63, 3.8) is 0 Å². The molecule has 0 heterocycles. The molecule has 1 aromatic carbocycles. The SMILES string of the molecule is CCc1ccccc1OCC(=O)NCCNC(=O)C(C)C. The second-order valence-corrected chi connectivity index (χ2v) is 5.05. The van der Waals surface area contributed by atoms with E-state index in [1.807, 2.05) is 45.0 Å². The summed E-state index contributed by atoms with van der Waals surface area (Å²) in [7, 11) is 0. The number of rotatable bonds is 8. The molecule has 0 aromatic heterocycles. The molecule has 0 aliphatic rings. The molecule has 2 amide bonds. The molecule has 1 aromatic rings. The number of benzene rings is 1. The largest absolute Gasteiger partial charge is 0.483 e. The number of carbonyl (C=O) groups is 2. The van der Waals surface area contributed by atoms with Crippen LogP contribution in [-0.2, 0) is 16.0 Å². The Morgan fingerprint density at radius 2 is 1.81 bits per heavy atom. The third-order valence-electron chi connectivity index (χ3n) is 2.98. The first-order valence-electron chi connectivity index (χ1n) is 7.29. The van der Waals surface area contributed by atoms with Crippen molar-refractivity contribution in [1.82, 2.24) is 10.6 Å². The van der Waals surface area contributed by atoms with Crippen LogP contribution in [0.4, 0.5) is 0 Å². The van der Waals surface area contributed by atoms with E-state index in [1.165, 1.54) is 0 Å². The van der Waals surface area contributed by atoms with Crippen molar-refractivity contribution in [2.75, 3.05) is 19.7 Å². The van der Waals surface area contributed by atoms with Gasteiger partial charge in [-0.25, -0.2) is 0 Å². The zero-order valence-corrected chi connectivity index (χ0v) is 12.9. The fourth-order valence-electron chi connectivity index (χ4n) is 1.72. The zero-order valence-electron chi connectivity index (χ0n) is 12.9. The summed E-state index contributed by atoms with van der Waals surface area (Å²) in [6.07, 6.45) is 0.860. The van der Waals surface area contributed by atoms with Gasteiger partial charge in [-0.05, 0) is 18.1 Å². The molecular weight excluding hydrogens is 268 g/mol. The number of nitrogens with one attached hydrogen (secondary N) is 2. The lowest BCUT2D eigenvalue weighted by Crippen LogP contribution is -2.38. The van der Waals surface area contributed by atoms with E-state index in [4.69, 9.17) is 4.74 Å². The summed E-state index contributed by atoms with van der Waals surface area (Å²) >= 11 is 0. The highest BCUT2D eigenvalue weighted by Crippen LogP contribution is 2.17. The van der Waals surface area contributed by atoms with Gasteiger partial charge in [-0.15, -0.1) is 0 Å². The molecular formula is C16H24N2O3. The molecule has 0 atom stereocenters. The van der Waals surface area contributed by atoms with Crippen LogP contribution in [0.3, 0.4) is 0 Å². The van der Waals surface area contributed by atoms with Crippen molar-refractivity contribution < 1.29 is 14.3 Å². The van der Waals surface area contributed by atoms with Gasteiger partial charge in [0.05, 0.1) is 0 Å². The minimum absolute atomic E-state index is 0.0163. The molecule has 0 unspecified atom stereocenters. The number of hydrogen-bond acceptors (Lipinski definition) is 3. The van der Waals surface area contributed by atoms with Gasteiger partial charge in [-0.1, -0.05) is 39.0 Å². The first-order chi connectivity index (χ1) is 10.0. The summed E-state index contributed by atoms with van der Waals surface area (Å²) in [4.78, 5) is 23.0. The summed E-state index contributed by atoms with van der Waals surface area (Å²) in [6, 6.07) is 7.67. The Morgan fingerprint density at radius 3 is 2.48 bits per heavy atom. The average Bonchev–Trinajstić information content (AvgIpc) is 2.49. The molecule has 0 bridgehead atoms. The topological polar surface area (TPSA) is 67.4 Å². The molecule has 0 radical (unpaired) electrons. The van der Waals surface area contributed by atoms with Crippen LogP contribution in [0.5, 0.6) is 5.75 Å². The lowest BCUT2D eigenvalue weighted by atomic mass is 10.1. The van der Waals surface area contributed by atoms with Gasteiger partial charge in [0.2, 0.25) is 5.91 Å². The van der Waals surface area contributed by atoms with E-state index < -0.39 is 0 Å². The highest BCUT2D eigenvalue weighted by atomic mass is 16.5. The average molecular weight is 292 g/mol. The quantitative estimate of drug-likeness (QED) is 0.714. The molecule has 0 aliphatic heterocycles. The standard InChI is InChI=1S/C16H24N2O3/c1-4-13-7-5-6-8-14(13)21-11-15(19)17-9-10-18-16(20)12(2)3/h5-8,12H,4,9-11H2,1-3H3,(H,17,19)(H,18,20). The molecule has 116 valence electrons. The van der Waals surface area contributed by atoms with E-state index in [2.05, 4.69) is 10.6 Å². The van der Waals surface area contributed by atoms with Crippen molar-refractivity contribution in [2.45, 2.75) is 27.2 Å². The van der Waals surface area contributed by atoms with E-state index >= 15 is 0 Å². The Morgan fingerprint density at radius 1 is 1.14 bits per heavy atom. The molecule has 0 aliphatic carbocycles. The predicted molar refractivity (Wildman–Crippen MR) is 82.2 cm³/mol. The number of ether oxygens (including phenoxy) is 1. The van der Waals surface area contributed by atoms with Crippen LogP contribution in [0, 0.1) is 5.92 Å². The van der Waals surface area contributed by atoms with Gasteiger partial charge in [0, 0.05) is 19.0 Å². The monoisotopic (exact) mass is 292 g/mol. The van der Waals surface area contributed by atoms with Gasteiger partial charge in [-0.2, -0.15) is 0 Å². The van der Waals surface area contributed by atoms with Crippen LogP contribution in [0.2, 0.25) is 0 Å². The van der Waals surface area contributed by atoms with E-state index in [1.54, 1.807) is 0 Å². The maximum atomic E-state index is 11.6. The van der Waals surface area contributed by atoms with Crippen LogP contribution < -0.4 is 15.4 Å². The van der Waals surface area contributed by atoms with Gasteiger partial charge < -0.3 is 15.4 Å². The Balaban J connectivity index is 2.24. The fraction of sp³-hybridized carbons (Fsp3) is 0.500. The molecule has 5 nitrogen and oxygen atoms in total. The summed E-state index contributed by atoms with van der Waals surface area (Å²) in [5.74, 6) is 0.481. The zero-order chi connectivity index (χ0) is 15.7. The number of hydrogen-bond donors (Lipinski definition) is 2. The van der Waals surface area contributed by atoms with E-state index in [0.29, 0.717) is 13.1 Å². The smallest absolute Gasteiger partial charge is 0.258 e. The Bertz CT molecular complexity index is 472. The van der Waals surface area contributed by atoms with Crippen LogP contribution in [0.25, 0.3) is 0 Å². The van der Waals surface area contributed by atoms with E-state index in [0.717, 1.165) is 17.7 Å². The predicted octanol–water partition coefficient (Wildman–Crippen LogP) is 1.52. The van der Waals surface area contributed by atoms with Crippen LogP contribution in [0.1, 0.15) is 26.3 Å². The first-order valence-corrected chi connectivity index (χ1v) is 7.29. The van der Waals surface area contributed by atoms with E-state index in [9.17, 15) is 9.59 Å². The molecule has 0 saturated heterocycles. The van der Waals surface area contributed by atoms with Crippen LogP contribution in [-0.4, -0.2) is 31.5 Å².